The zero-order chi connectivity index (χ0) is 18.3. The molecule has 0 saturated carbocycles. The van der Waals surface area contributed by atoms with Gasteiger partial charge in [0.2, 0.25) is 0 Å². The topological polar surface area (TPSA) is 106 Å². The molecule has 0 unspecified atom stereocenters. The summed E-state index contributed by atoms with van der Waals surface area (Å²) in [7, 11) is 1.58. The van der Waals surface area contributed by atoms with Crippen LogP contribution in [0.5, 0.6) is 5.06 Å². The van der Waals surface area contributed by atoms with Crippen molar-refractivity contribution in [1.82, 2.24) is 15.0 Å². The monoisotopic (exact) mass is 388 g/mol. The number of aromatic nitrogens is 1. The fourth-order valence-corrected chi connectivity index (χ4v) is 5.09. The molecule has 2 aliphatic rings. The number of carbonyl (C=O) groups excluding carboxylic acids is 2. The molecular formula is C17H16N4O3S2. The number of fused-ring (bicyclic) bond motifs is 3. The fourth-order valence-electron chi connectivity index (χ4n) is 3.07. The lowest BCUT2D eigenvalue weighted by atomic mass is 9.93. The van der Waals surface area contributed by atoms with Gasteiger partial charge in [0.15, 0.2) is 5.06 Å². The van der Waals surface area contributed by atoms with Gasteiger partial charge >= 0.3 is 0 Å². The van der Waals surface area contributed by atoms with Gasteiger partial charge in [0, 0.05) is 19.4 Å². The van der Waals surface area contributed by atoms with Crippen LogP contribution in [0.1, 0.15) is 20.8 Å². The number of primary amides is 1. The minimum absolute atomic E-state index is 0.200. The predicted molar refractivity (Wildman–Crippen MR) is 100 cm³/mol. The highest BCUT2D eigenvalue weighted by atomic mass is 32.1. The van der Waals surface area contributed by atoms with Crippen molar-refractivity contribution in [2.45, 2.75) is 12.8 Å². The van der Waals surface area contributed by atoms with Crippen molar-refractivity contribution in [2.75, 3.05) is 13.6 Å². The number of hydrogen-bond donors (Lipinski definition) is 3. The number of carbonyl (C=O) groups is 2. The van der Waals surface area contributed by atoms with Crippen molar-refractivity contribution in [3.8, 4) is 15.5 Å². The van der Waals surface area contributed by atoms with Gasteiger partial charge in [0.05, 0.1) is 27.4 Å². The first-order valence-electron chi connectivity index (χ1n) is 8.02. The van der Waals surface area contributed by atoms with Crippen LogP contribution in [-0.2, 0) is 17.6 Å². The maximum atomic E-state index is 11.9. The van der Waals surface area contributed by atoms with Crippen LogP contribution >= 0.6 is 22.9 Å². The SMILES string of the molecule is CNC(=O)C1=CNCC(Oc2sc(C(N)=O)c3c2-c2sncc2CC3)=C1. The third kappa shape index (κ3) is 2.78. The lowest BCUT2D eigenvalue weighted by Crippen LogP contribution is -2.26. The largest absolute Gasteiger partial charge is 0.448 e. The second-order valence-corrected chi connectivity index (χ2v) is 7.67. The highest BCUT2D eigenvalue weighted by molar-refractivity contribution is 7.17. The van der Waals surface area contributed by atoms with Crippen molar-refractivity contribution in [3.63, 3.8) is 0 Å². The van der Waals surface area contributed by atoms with E-state index in [4.69, 9.17) is 10.5 Å². The van der Waals surface area contributed by atoms with Crippen molar-refractivity contribution in [2.24, 2.45) is 5.73 Å². The van der Waals surface area contributed by atoms with Crippen LogP contribution in [0.3, 0.4) is 0 Å². The minimum Gasteiger partial charge on any atom is -0.448 e. The Kier molecular flexibility index (Phi) is 4.25. The average Bonchev–Trinajstić information content (AvgIpc) is 3.25. The molecule has 2 aromatic heterocycles. The molecule has 0 radical (unpaired) electrons. The summed E-state index contributed by atoms with van der Waals surface area (Å²) in [6, 6.07) is 0. The van der Waals surface area contributed by atoms with Gasteiger partial charge in [-0.15, -0.1) is 0 Å². The molecule has 2 aromatic rings. The number of likely N-dealkylation sites (N-methyl/N-ethyl adjacent to an activating group) is 1. The van der Waals surface area contributed by atoms with Gasteiger partial charge in [-0.3, -0.25) is 9.59 Å². The number of dihydropyridines is 1. The van der Waals surface area contributed by atoms with E-state index in [1.165, 1.54) is 22.9 Å². The van der Waals surface area contributed by atoms with E-state index in [1.807, 2.05) is 6.20 Å². The van der Waals surface area contributed by atoms with Crippen molar-refractivity contribution in [3.05, 3.63) is 45.8 Å². The molecule has 134 valence electrons. The summed E-state index contributed by atoms with van der Waals surface area (Å²) >= 11 is 2.65. The van der Waals surface area contributed by atoms with E-state index < -0.39 is 5.91 Å². The third-order valence-corrected chi connectivity index (χ3v) is 6.26. The molecular weight excluding hydrogens is 372 g/mol. The summed E-state index contributed by atoms with van der Waals surface area (Å²) in [5.41, 5.74) is 9.05. The molecule has 9 heteroatoms. The third-order valence-electron chi connectivity index (χ3n) is 4.28. The second kappa shape index (κ2) is 6.58. The predicted octanol–water partition coefficient (Wildman–Crippen LogP) is 1.56. The number of thiophene rings is 1. The number of rotatable bonds is 4. The van der Waals surface area contributed by atoms with Crippen LogP contribution in [-0.4, -0.2) is 29.8 Å². The van der Waals surface area contributed by atoms with Gasteiger partial charge in [-0.1, -0.05) is 11.3 Å². The van der Waals surface area contributed by atoms with E-state index in [0.717, 1.165) is 34.4 Å². The number of ether oxygens (including phenoxy) is 1. The number of nitrogens with two attached hydrogens (primary N) is 1. The Hall–Kier alpha value is -2.65. The minimum atomic E-state index is -0.448. The highest BCUT2D eigenvalue weighted by Crippen LogP contribution is 2.49. The van der Waals surface area contributed by atoms with Crippen LogP contribution in [0.4, 0.5) is 0 Å². The zero-order valence-corrected chi connectivity index (χ0v) is 15.6. The smallest absolute Gasteiger partial charge is 0.259 e. The Morgan fingerprint density at radius 1 is 1.38 bits per heavy atom. The summed E-state index contributed by atoms with van der Waals surface area (Å²) in [4.78, 5) is 25.3. The second-order valence-electron chi connectivity index (χ2n) is 5.89. The van der Waals surface area contributed by atoms with E-state index in [0.29, 0.717) is 27.8 Å². The van der Waals surface area contributed by atoms with Gasteiger partial charge in [-0.25, -0.2) is 4.37 Å². The quantitative estimate of drug-likeness (QED) is 0.737. The van der Waals surface area contributed by atoms with Gasteiger partial charge < -0.3 is 21.1 Å². The van der Waals surface area contributed by atoms with E-state index in [1.54, 1.807) is 19.3 Å². The molecule has 4 rings (SSSR count). The lowest BCUT2D eigenvalue weighted by molar-refractivity contribution is -0.116. The number of amides is 2. The summed E-state index contributed by atoms with van der Waals surface area (Å²) in [6.07, 6.45) is 6.78. The molecule has 0 atom stereocenters. The number of aryl methyl sites for hydroxylation is 1. The summed E-state index contributed by atoms with van der Waals surface area (Å²) in [5, 5.41) is 6.23. The maximum absolute atomic E-state index is 11.9. The van der Waals surface area contributed by atoms with Crippen LogP contribution in [0.15, 0.2) is 29.8 Å². The number of nitrogens with one attached hydrogen (secondary N) is 2. The van der Waals surface area contributed by atoms with Crippen molar-refractivity contribution >= 4 is 34.7 Å². The molecule has 0 saturated heterocycles. The fraction of sp³-hybridized carbons (Fsp3) is 0.235. The molecule has 1 aliphatic heterocycles. The summed E-state index contributed by atoms with van der Waals surface area (Å²) in [5.74, 6) is -0.0485. The van der Waals surface area contributed by atoms with Crippen LogP contribution in [0, 0.1) is 0 Å². The molecule has 0 fully saturated rings. The van der Waals surface area contributed by atoms with Gasteiger partial charge in [0.1, 0.15) is 5.76 Å². The van der Waals surface area contributed by atoms with Crippen molar-refractivity contribution in [1.29, 1.82) is 0 Å². The van der Waals surface area contributed by atoms with Gasteiger partial charge in [-0.2, -0.15) is 0 Å². The molecule has 4 N–H and O–H groups in total. The number of nitrogens with zero attached hydrogens (tertiary/aromatic N) is 1. The molecule has 26 heavy (non-hydrogen) atoms. The molecule has 1 aliphatic carbocycles. The van der Waals surface area contributed by atoms with Crippen LogP contribution in [0.2, 0.25) is 0 Å². The normalized spacial score (nSPS) is 15.1. The summed E-state index contributed by atoms with van der Waals surface area (Å²) < 4.78 is 10.4. The van der Waals surface area contributed by atoms with E-state index >= 15 is 0 Å². The lowest BCUT2D eigenvalue weighted by Gasteiger charge is -2.17. The highest BCUT2D eigenvalue weighted by Gasteiger charge is 2.30. The average molecular weight is 388 g/mol. The standard InChI is InChI=1S/C17H16N4O3S2/c1-19-16(23)9-4-10(7-20-5-9)24-17-12-11(14(25-17)15(18)22)3-2-8-6-21-26-13(8)12/h4-6,20H,2-3,7H2,1H3,(H2,18,22)(H,19,23). The molecule has 0 aromatic carbocycles. The molecule has 0 spiro atoms. The molecule has 2 amide bonds. The zero-order valence-electron chi connectivity index (χ0n) is 13.9. The van der Waals surface area contributed by atoms with Gasteiger partial charge in [-0.05, 0) is 41.6 Å². The van der Waals surface area contributed by atoms with Crippen LogP contribution in [0.25, 0.3) is 10.4 Å². The Balaban J connectivity index is 1.75. The first-order valence-corrected chi connectivity index (χ1v) is 9.61. The van der Waals surface area contributed by atoms with Crippen LogP contribution < -0.4 is 21.1 Å². The Morgan fingerprint density at radius 2 is 2.23 bits per heavy atom. The van der Waals surface area contributed by atoms with Crippen molar-refractivity contribution < 1.29 is 14.3 Å². The van der Waals surface area contributed by atoms with Gasteiger partial charge in [0.25, 0.3) is 11.8 Å². The van der Waals surface area contributed by atoms with E-state index in [9.17, 15) is 9.59 Å². The maximum Gasteiger partial charge on any atom is 0.259 e. The summed E-state index contributed by atoms with van der Waals surface area (Å²) in [6.45, 7) is 0.453. The van der Waals surface area contributed by atoms with E-state index in [2.05, 4.69) is 15.0 Å². The molecule has 3 heterocycles. The first-order chi connectivity index (χ1) is 12.6. The van der Waals surface area contributed by atoms with E-state index in [-0.39, 0.29) is 5.91 Å². The molecule has 7 nitrogen and oxygen atoms in total. The Morgan fingerprint density at radius 3 is 3.00 bits per heavy atom. The number of hydrogen-bond acceptors (Lipinski definition) is 7. The Labute approximate surface area is 157 Å². The molecule has 0 bridgehead atoms. The first kappa shape index (κ1) is 16.8. The Bertz CT molecular complexity index is 971.